The van der Waals surface area contributed by atoms with Gasteiger partial charge in [-0.3, -0.25) is 4.79 Å². The van der Waals surface area contributed by atoms with E-state index in [1.807, 2.05) is 0 Å². The maximum absolute atomic E-state index is 10.9. The zero-order valence-corrected chi connectivity index (χ0v) is 7.14. The van der Waals surface area contributed by atoms with Crippen LogP contribution in [0.1, 0.15) is 33.1 Å². The standard InChI is InChI=1S/C9H14O2/c1-7(2)9(11)6-4-5-8(3)10/h1,4-6H2,2-3H3. The van der Waals surface area contributed by atoms with Crippen molar-refractivity contribution in [3.8, 4) is 0 Å². The SMILES string of the molecule is C=C(C)C(=O)CCCC(C)=O. The number of ketones is 2. The van der Waals surface area contributed by atoms with E-state index in [4.69, 9.17) is 0 Å². The minimum atomic E-state index is 0.0613. The molecule has 0 aromatic heterocycles. The molecular formula is C9H14O2. The minimum Gasteiger partial charge on any atom is -0.300 e. The molecule has 0 saturated carbocycles. The van der Waals surface area contributed by atoms with Crippen molar-refractivity contribution in [3.63, 3.8) is 0 Å². The first-order valence-corrected chi connectivity index (χ1v) is 3.72. The quantitative estimate of drug-likeness (QED) is 0.567. The molecule has 0 rings (SSSR count). The molecule has 2 nitrogen and oxygen atoms in total. The van der Waals surface area contributed by atoms with E-state index in [0.29, 0.717) is 24.8 Å². The second-order valence-electron chi connectivity index (χ2n) is 2.76. The van der Waals surface area contributed by atoms with Gasteiger partial charge in [0.15, 0.2) is 5.78 Å². The van der Waals surface area contributed by atoms with Gasteiger partial charge in [-0.25, -0.2) is 0 Å². The Morgan fingerprint density at radius 2 is 1.73 bits per heavy atom. The van der Waals surface area contributed by atoms with Gasteiger partial charge in [-0.1, -0.05) is 6.58 Å². The van der Waals surface area contributed by atoms with Gasteiger partial charge in [-0.05, 0) is 25.8 Å². The van der Waals surface area contributed by atoms with Crippen molar-refractivity contribution >= 4 is 11.6 Å². The zero-order valence-electron chi connectivity index (χ0n) is 7.14. The van der Waals surface area contributed by atoms with Gasteiger partial charge in [-0.15, -0.1) is 0 Å². The van der Waals surface area contributed by atoms with E-state index in [2.05, 4.69) is 6.58 Å². The van der Waals surface area contributed by atoms with Gasteiger partial charge in [0.05, 0.1) is 0 Å². The molecule has 0 bridgehead atoms. The Labute approximate surface area is 67.3 Å². The number of hydrogen-bond donors (Lipinski definition) is 0. The molecule has 0 aromatic rings. The van der Waals surface area contributed by atoms with Crippen molar-refractivity contribution in [2.24, 2.45) is 0 Å². The maximum atomic E-state index is 10.9. The Balaban J connectivity index is 3.47. The van der Waals surface area contributed by atoms with E-state index in [0.717, 1.165) is 0 Å². The van der Waals surface area contributed by atoms with E-state index in [9.17, 15) is 9.59 Å². The van der Waals surface area contributed by atoms with Gasteiger partial charge in [0.25, 0.3) is 0 Å². The van der Waals surface area contributed by atoms with Crippen LogP contribution in [0.15, 0.2) is 12.2 Å². The van der Waals surface area contributed by atoms with Crippen molar-refractivity contribution in [1.29, 1.82) is 0 Å². The van der Waals surface area contributed by atoms with Crippen molar-refractivity contribution in [2.45, 2.75) is 33.1 Å². The maximum Gasteiger partial charge on any atom is 0.158 e. The monoisotopic (exact) mass is 154 g/mol. The first-order chi connectivity index (χ1) is 5.04. The normalized spacial score (nSPS) is 9.27. The third-order valence-electron chi connectivity index (χ3n) is 1.41. The van der Waals surface area contributed by atoms with Crippen LogP contribution in [0.4, 0.5) is 0 Å². The number of carbonyl (C=O) groups excluding carboxylic acids is 2. The summed E-state index contributed by atoms with van der Waals surface area (Å²) >= 11 is 0. The van der Waals surface area contributed by atoms with Crippen LogP contribution >= 0.6 is 0 Å². The third kappa shape index (κ3) is 5.52. The molecule has 2 heteroatoms. The largest absolute Gasteiger partial charge is 0.300 e. The predicted octanol–water partition coefficient (Wildman–Crippen LogP) is 1.89. The fourth-order valence-corrected chi connectivity index (χ4v) is 0.711. The molecule has 0 atom stereocenters. The van der Waals surface area contributed by atoms with Crippen LogP contribution in [0.5, 0.6) is 0 Å². The van der Waals surface area contributed by atoms with E-state index >= 15 is 0 Å². The van der Waals surface area contributed by atoms with Gasteiger partial charge in [-0.2, -0.15) is 0 Å². The highest BCUT2D eigenvalue weighted by atomic mass is 16.1. The van der Waals surface area contributed by atoms with E-state index in [1.54, 1.807) is 6.92 Å². The van der Waals surface area contributed by atoms with Crippen LogP contribution in [0.25, 0.3) is 0 Å². The van der Waals surface area contributed by atoms with Crippen LogP contribution in [0.3, 0.4) is 0 Å². The molecule has 0 radical (unpaired) electrons. The topological polar surface area (TPSA) is 34.1 Å². The molecule has 0 amide bonds. The van der Waals surface area contributed by atoms with Gasteiger partial charge in [0, 0.05) is 12.8 Å². The molecule has 0 aliphatic rings. The molecule has 0 aliphatic carbocycles. The zero-order chi connectivity index (χ0) is 8.85. The van der Waals surface area contributed by atoms with Crippen LogP contribution in [0.2, 0.25) is 0 Å². The van der Waals surface area contributed by atoms with Crippen LogP contribution in [-0.4, -0.2) is 11.6 Å². The lowest BCUT2D eigenvalue weighted by molar-refractivity contribution is -0.117. The molecule has 11 heavy (non-hydrogen) atoms. The summed E-state index contributed by atoms with van der Waals surface area (Å²) in [7, 11) is 0. The molecule has 0 saturated heterocycles. The molecule has 62 valence electrons. The highest BCUT2D eigenvalue weighted by molar-refractivity contribution is 5.94. The van der Waals surface area contributed by atoms with Crippen molar-refractivity contribution in [1.82, 2.24) is 0 Å². The first kappa shape index (κ1) is 10.1. The Bertz CT molecular complexity index is 180. The number of rotatable bonds is 5. The number of hydrogen-bond acceptors (Lipinski definition) is 2. The summed E-state index contributed by atoms with van der Waals surface area (Å²) in [4.78, 5) is 21.4. The Morgan fingerprint density at radius 1 is 1.18 bits per heavy atom. The van der Waals surface area contributed by atoms with Crippen LogP contribution < -0.4 is 0 Å². The van der Waals surface area contributed by atoms with Crippen molar-refractivity contribution < 1.29 is 9.59 Å². The Morgan fingerprint density at radius 3 is 2.09 bits per heavy atom. The van der Waals surface area contributed by atoms with Gasteiger partial charge >= 0.3 is 0 Å². The molecule has 0 heterocycles. The lowest BCUT2D eigenvalue weighted by Crippen LogP contribution is -1.99. The fourth-order valence-electron chi connectivity index (χ4n) is 0.711. The average molecular weight is 154 g/mol. The Hall–Kier alpha value is -0.920. The van der Waals surface area contributed by atoms with Gasteiger partial charge < -0.3 is 4.79 Å². The van der Waals surface area contributed by atoms with E-state index in [1.165, 1.54) is 6.92 Å². The molecule has 0 unspecified atom stereocenters. The fraction of sp³-hybridized carbons (Fsp3) is 0.556. The summed E-state index contributed by atoms with van der Waals surface area (Å²) in [5.41, 5.74) is 0.577. The predicted molar refractivity (Wildman–Crippen MR) is 44.4 cm³/mol. The lowest BCUT2D eigenvalue weighted by atomic mass is 10.1. The smallest absolute Gasteiger partial charge is 0.158 e. The average Bonchev–Trinajstić information content (AvgIpc) is 1.86. The van der Waals surface area contributed by atoms with E-state index < -0.39 is 0 Å². The second-order valence-corrected chi connectivity index (χ2v) is 2.76. The molecule has 0 fully saturated rings. The summed E-state index contributed by atoms with van der Waals surface area (Å²) in [6, 6.07) is 0. The minimum absolute atomic E-state index is 0.0613. The number of carbonyl (C=O) groups is 2. The third-order valence-corrected chi connectivity index (χ3v) is 1.41. The number of allylic oxidation sites excluding steroid dienone is 1. The second kappa shape index (κ2) is 4.83. The van der Waals surface area contributed by atoms with Gasteiger partial charge in [0.2, 0.25) is 0 Å². The lowest BCUT2D eigenvalue weighted by Gasteiger charge is -1.96. The van der Waals surface area contributed by atoms with Crippen LogP contribution in [0, 0.1) is 0 Å². The summed E-state index contributed by atoms with van der Waals surface area (Å²) < 4.78 is 0. The number of Topliss-reactive ketones (excluding diaryl/α,β-unsaturated/α-hetero) is 2. The highest BCUT2D eigenvalue weighted by Crippen LogP contribution is 2.02. The molecule has 0 spiro atoms. The summed E-state index contributed by atoms with van der Waals surface area (Å²) in [6.45, 7) is 6.74. The Kier molecular flexibility index (Phi) is 4.42. The molecule has 0 N–H and O–H groups in total. The van der Waals surface area contributed by atoms with E-state index in [-0.39, 0.29) is 11.6 Å². The first-order valence-electron chi connectivity index (χ1n) is 3.72. The van der Waals surface area contributed by atoms with Crippen molar-refractivity contribution in [2.75, 3.05) is 0 Å². The molecular weight excluding hydrogens is 140 g/mol. The van der Waals surface area contributed by atoms with Gasteiger partial charge in [0.1, 0.15) is 5.78 Å². The van der Waals surface area contributed by atoms with Crippen molar-refractivity contribution in [3.05, 3.63) is 12.2 Å². The molecule has 0 aliphatic heterocycles. The summed E-state index contributed by atoms with van der Waals surface area (Å²) in [5, 5.41) is 0. The summed E-state index contributed by atoms with van der Waals surface area (Å²) in [5.74, 6) is 0.200. The highest BCUT2D eigenvalue weighted by Gasteiger charge is 2.02. The summed E-state index contributed by atoms with van der Waals surface area (Å²) in [6.07, 6.45) is 1.61. The van der Waals surface area contributed by atoms with Crippen LogP contribution in [-0.2, 0) is 9.59 Å². The molecule has 0 aromatic carbocycles.